The topological polar surface area (TPSA) is 56.8 Å². The van der Waals surface area contributed by atoms with Crippen molar-refractivity contribution >= 4 is 29.1 Å². The summed E-state index contributed by atoms with van der Waals surface area (Å²) in [6.07, 6.45) is 1.13. The summed E-state index contributed by atoms with van der Waals surface area (Å²) in [6.45, 7) is 4.04. The summed E-state index contributed by atoms with van der Waals surface area (Å²) in [6, 6.07) is 10.9. The standard InChI is InChI=1S/C22H23Cl2NO4/c1-14(15-2-5-19-20(12-15)29-11-10-28-19)25-21(26)22(6-8-27-9-7-22)17-4-3-16(23)13-18(17)24/h2-5,12-14H,6-11H2,1H3,(H,25,26). The van der Waals surface area contributed by atoms with Crippen LogP contribution in [-0.4, -0.2) is 32.3 Å². The van der Waals surface area contributed by atoms with Gasteiger partial charge in [0.05, 0.1) is 11.5 Å². The normalized spacial score (nSPS) is 18.7. The van der Waals surface area contributed by atoms with E-state index in [0.29, 0.717) is 55.1 Å². The van der Waals surface area contributed by atoms with Crippen LogP contribution in [0.25, 0.3) is 0 Å². The molecule has 0 saturated carbocycles. The highest BCUT2D eigenvalue weighted by Crippen LogP contribution is 2.40. The second kappa shape index (κ2) is 8.42. The van der Waals surface area contributed by atoms with Gasteiger partial charge in [-0.1, -0.05) is 35.3 Å². The fraction of sp³-hybridized carbons (Fsp3) is 0.409. The smallest absolute Gasteiger partial charge is 0.231 e. The van der Waals surface area contributed by atoms with Gasteiger partial charge in [0.1, 0.15) is 13.2 Å². The molecule has 29 heavy (non-hydrogen) atoms. The van der Waals surface area contributed by atoms with Gasteiger partial charge >= 0.3 is 0 Å². The Morgan fingerprint density at radius 2 is 1.72 bits per heavy atom. The average Bonchev–Trinajstić information content (AvgIpc) is 2.73. The highest BCUT2D eigenvalue weighted by molar-refractivity contribution is 6.35. The van der Waals surface area contributed by atoms with Gasteiger partial charge in [0.25, 0.3) is 0 Å². The fourth-order valence-electron chi connectivity index (χ4n) is 3.96. The Morgan fingerprint density at radius 3 is 2.45 bits per heavy atom. The molecule has 1 unspecified atom stereocenters. The van der Waals surface area contributed by atoms with Crippen LogP contribution in [0.4, 0.5) is 0 Å². The number of hydrogen-bond acceptors (Lipinski definition) is 4. The molecule has 2 heterocycles. The second-order valence-corrected chi connectivity index (χ2v) is 8.26. The van der Waals surface area contributed by atoms with Crippen LogP contribution in [0.5, 0.6) is 11.5 Å². The zero-order valence-electron chi connectivity index (χ0n) is 16.2. The van der Waals surface area contributed by atoms with Gasteiger partial charge in [-0.2, -0.15) is 0 Å². The molecule has 0 bridgehead atoms. The lowest BCUT2D eigenvalue weighted by molar-refractivity contribution is -0.131. The molecular weight excluding hydrogens is 413 g/mol. The van der Waals surface area contributed by atoms with Crippen LogP contribution in [0.3, 0.4) is 0 Å². The van der Waals surface area contributed by atoms with E-state index in [1.807, 2.05) is 31.2 Å². The first-order valence-electron chi connectivity index (χ1n) is 9.73. The number of benzene rings is 2. The van der Waals surface area contributed by atoms with Crippen molar-refractivity contribution in [1.29, 1.82) is 0 Å². The molecule has 7 heteroatoms. The van der Waals surface area contributed by atoms with Crippen molar-refractivity contribution in [3.8, 4) is 11.5 Å². The van der Waals surface area contributed by atoms with Crippen molar-refractivity contribution in [1.82, 2.24) is 5.32 Å². The number of ether oxygens (including phenoxy) is 3. The van der Waals surface area contributed by atoms with E-state index in [0.717, 1.165) is 16.9 Å². The molecule has 154 valence electrons. The Morgan fingerprint density at radius 1 is 1.00 bits per heavy atom. The van der Waals surface area contributed by atoms with Crippen LogP contribution < -0.4 is 14.8 Å². The van der Waals surface area contributed by atoms with Crippen LogP contribution in [0.1, 0.15) is 36.9 Å². The van der Waals surface area contributed by atoms with Gasteiger partial charge in [-0.25, -0.2) is 0 Å². The van der Waals surface area contributed by atoms with Crippen LogP contribution in [0.2, 0.25) is 10.0 Å². The molecule has 0 aliphatic carbocycles. The highest BCUT2D eigenvalue weighted by atomic mass is 35.5. The Kier molecular flexibility index (Phi) is 5.91. The summed E-state index contributed by atoms with van der Waals surface area (Å²) >= 11 is 12.6. The fourth-order valence-corrected chi connectivity index (χ4v) is 4.55. The van der Waals surface area contributed by atoms with Crippen LogP contribution in [0, 0.1) is 0 Å². The number of amides is 1. The molecule has 1 fully saturated rings. The van der Waals surface area contributed by atoms with Gasteiger partial charge in [0, 0.05) is 23.3 Å². The van der Waals surface area contributed by atoms with Crippen molar-refractivity contribution in [3.63, 3.8) is 0 Å². The molecule has 2 aromatic rings. The molecule has 1 N–H and O–H groups in total. The monoisotopic (exact) mass is 435 g/mol. The van der Waals surface area contributed by atoms with Gasteiger partial charge in [-0.05, 0) is 55.2 Å². The van der Waals surface area contributed by atoms with Crippen molar-refractivity contribution < 1.29 is 19.0 Å². The summed E-state index contributed by atoms with van der Waals surface area (Å²) in [4.78, 5) is 13.5. The van der Waals surface area contributed by atoms with Gasteiger partial charge in [-0.15, -0.1) is 0 Å². The first-order chi connectivity index (χ1) is 14.0. The quantitative estimate of drug-likeness (QED) is 0.756. The maximum Gasteiger partial charge on any atom is 0.231 e. The molecule has 0 aromatic heterocycles. The minimum Gasteiger partial charge on any atom is -0.486 e. The van der Waals surface area contributed by atoms with Crippen molar-refractivity contribution in [2.45, 2.75) is 31.2 Å². The number of rotatable bonds is 4. The van der Waals surface area contributed by atoms with Gasteiger partial charge < -0.3 is 19.5 Å². The first-order valence-corrected chi connectivity index (χ1v) is 10.5. The van der Waals surface area contributed by atoms with Crippen LogP contribution in [0.15, 0.2) is 36.4 Å². The number of halogens is 2. The molecule has 2 aliphatic heterocycles. The Hall–Kier alpha value is -1.95. The van der Waals surface area contributed by atoms with Gasteiger partial charge in [0.2, 0.25) is 5.91 Å². The van der Waals surface area contributed by atoms with E-state index in [9.17, 15) is 4.79 Å². The molecule has 1 amide bonds. The van der Waals surface area contributed by atoms with E-state index < -0.39 is 5.41 Å². The maximum atomic E-state index is 13.5. The molecule has 0 spiro atoms. The van der Waals surface area contributed by atoms with Gasteiger partial charge in [-0.3, -0.25) is 4.79 Å². The number of nitrogens with one attached hydrogen (secondary N) is 1. The largest absolute Gasteiger partial charge is 0.486 e. The summed E-state index contributed by atoms with van der Waals surface area (Å²) in [5.74, 6) is 1.37. The lowest BCUT2D eigenvalue weighted by Crippen LogP contribution is -2.48. The Balaban J connectivity index is 1.60. The summed E-state index contributed by atoms with van der Waals surface area (Å²) < 4.78 is 16.8. The number of hydrogen-bond donors (Lipinski definition) is 1. The van der Waals surface area contributed by atoms with E-state index >= 15 is 0 Å². The van der Waals surface area contributed by atoms with E-state index in [1.165, 1.54) is 0 Å². The SMILES string of the molecule is CC(NC(=O)C1(c2ccc(Cl)cc2Cl)CCOCC1)c1ccc2c(c1)OCCO2. The molecule has 1 atom stereocenters. The molecule has 5 nitrogen and oxygen atoms in total. The number of fused-ring (bicyclic) bond motifs is 1. The zero-order chi connectivity index (χ0) is 20.4. The predicted octanol–water partition coefficient (Wildman–Crippen LogP) is 4.69. The Bertz CT molecular complexity index is 912. The lowest BCUT2D eigenvalue weighted by Gasteiger charge is -2.37. The molecule has 0 radical (unpaired) electrons. The summed E-state index contributed by atoms with van der Waals surface area (Å²) in [7, 11) is 0. The third-order valence-electron chi connectivity index (χ3n) is 5.64. The zero-order valence-corrected chi connectivity index (χ0v) is 17.7. The molecular formula is C22H23Cl2NO4. The van der Waals surface area contributed by atoms with Gasteiger partial charge in [0.15, 0.2) is 11.5 Å². The summed E-state index contributed by atoms with van der Waals surface area (Å²) in [5, 5.41) is 4.22. The third kappa shape index (κ3) is 4.04. The molecule has 4 rings (SSSR count). The third-order valence-corrected chi connectivity index (χ3v) is 6.19. The number of carbonyl (C=O) groups is 1. The summed E-state index contributed by atoms with van der Waals surface area (Å²) in [5.41, 5.74) is 0.993. The highest BCUT2D eigenvalue weighted by Gasteiger charge is 2.43. The van der Waals surface area contributed by atoms with Crippen LogP contribution in [-0.2, 0) is 14.9 Å². The second-order valence-electron chi connectivity index (χ2n) is 7.42. The van der Waals surface area contributed by atoms with E-state index in [2.05, 4.69) is 5.32 Å². The van der Waals surface area contributed by atoms with E-state index in [4.69, 9.17) is 37.4 Å². The number of carbonyl (C=O) groups excluding carboxylic acids is 1. The van der Waals surface area contributed by atoms with Crippen LogP contribution >= 0.6 is 23.2 Å². The van der Waals surface area contributed by atoms with E-state index in [-0.39, 0.29) is 11.9 Å². The average molecular weight is 436 g/mol. The van der Waals surface area contributed by atoms with E-state index in [1.54, 1.807) is 12.1 Å². The molecule has 1 saturated heterocycles. The molecule has 2 aromatic carbocycles. The Labute approximate surface area is 180 Å². The van der Waals surface area contributed by atoms with Crippen molar-refractivity contribution in [3.05, 3.63) is 57.6 Å². The van der Waals surface area contributed by atoms with Crippen molar-refractivity contribution in [2.75, 3.05) is 26.4 Å². The minimum absolute atomic E-state index is 0.0626. The predicted molar refractivity (Wildman–Crippen MR) is 112 cm³/mol. The lowest BCUT2D eigenvalue weighted by atomic mass is 9.73. The maximum absolute atomic E-state index is 13.5. The molecule has 2 aliphatic rings. The first kappa shape index (κ1) is 20.3. The minimum atomic E-state index is -0.748. The van der Waals surface area contributed by atoms with Crippen molar-refractivity contribution in [2.24, 2.45) is 0 Å².